The minimum Gasteiger partial charge on any atom is -0.444 e. The molecular weight excluding hydrogens is 330 g/mol. The van der Waals surface area contributed by atoms with E-state index in [1.807, 2.05) is 43.5 Å². The molecule has 1 atom stereocenters. The Morgan fingerprint density at radius 1 is 1.31 bits per heavy atom. The van der Waals surface area contributed by atoms with Gasteiger partial charge in [0.05, 0.1) is 13.0 Å². The molecule has 2 heterocycles. The highest BCUT2D eigenvalue weighted by Crippen LogP contribution is 2.16. The second-order valence-electron chi connectivity index (χ2n) is 7.99. The third kappa shape index (κ3) is 4.69. The second-order valence-corrected chi connectivity index (χ2v) is 7.99. The number of hydrogen-bond acceptors (Lipinski definition) is 4. The Bertz CT molecular complexity index is 707. The zero-order valence-corrected chi connectivity index (χ0v) is 15.8. The summed E-state index contributed by atoms with van der Waals surface area (Å²) in [6, 6.07) is 10.0. The van der Waals surface area contributed by atoms with E-state index < -0.39 is 11.7 Å². The molecule has 6 heteroatoms. The molecule has 2 amide bonds. The Labute approximate surface area is 154 Å². The molecule has 0 saturated carbocycles. The largest absolute Gasteiger partial charge is 0.444 e. The molecule has 0 aliphatic carbocycles. The number of nitrogens with zero attached hydrogens (tertiary/aromatic N) is 2. The van der Waals surface area contributed by atoms with E-state index >= 15 is 0 Å². The Balaban J connectivity index is 1.76. The van der Waals surface area contributed by atoms with Crippen molar-refractivity contribution in [2.45, 2.75) is 51.8 Å². The van der Waals surface area contributed by atoms with Crippen LogP contribution < -0.4 is 5.32 Å². The topological polar surface area (TPSA) is 61.6 Å². The van der Waals surface area contributed by atoms with E-state index in [1.165, 1.54) is 5.56 Å². The molecule has 1 N–H and O–H groups in total. The number of amides is 2. The summed E-state index contributed by atoms with van der Waals surface area (Å²) >= 11 is 0. The Morgan fingerprint density at radius 2 is 2.04 bits per heavy atom. The maximum absolute atomic E-state index is 12.3. The standard InChI is InChI=1S/C20H27N3O3/c1-20(2,3)26-19(25)21-16-13-22(12-15-8-5-4-6-9-15)14-17(16)23-11-7-10-18(23)24/h4-6,8-9,16H,7,10-14H2,1-3H3/p+1. The number of alkyl carbamates (subject to hydrolysis) is 1. The van der Waals surface area contributed by atoms with Gasteiger partial charge in [-0.1, -0.05) is 30.3 Å². The first-order valence-corrected chi connectivity index (χ1v) is 9.24. The van der Waals surface area contributed by atoms with Gasteiger partial charge < -0.3 is 10.1 Å². The van der Waals surface area contributed by atoms with Crippen LogP contribution in [0.5, 0.6) is 0 Å². The fourth-order valence-electron chi connectivity index (χ4n) is 3.53. The third-order valence-corrected chi connectivity index (χ3v) is 4.59. The fourth-order valence-corrected chi connectivity index (χ4v) is 3.53. The highest BCUT2D eigenvalue weighted by molar-refractivity contribution is 5.95. The van der Waals surface area contributed by atoms with Gasteiger partial charge in [0.1, 0.15) is 11.6 Å². The van der Waals surface area contributed by atoms with Gasteiger partial charge in [0.2, 0.25) is 0 Å². The van der Waals surface area contributed by atoms with Crippen LogP contribution in [0.2, 0.25) is 0 Å². The van der Waals surface area contributed by atoms with Crippen molar-refractivity contribution in [2.75, 3.05) is 19.6 Å². The smallest absolute Gasteiger partial charge is 0.408 e. The molecule has 3 rings (SSSR count). The number of benzene rings is 1. The number of carbonyl (C=O) groups is 2. The van der Waals surface area contributed by atoms with Crippen molar-refractivity contribution in [2.24, 2.45) is 0 Å². The van der Waals surface area contributed by atoms with Crippen LogP contribution in [-0.2, 0) is 16.1 Å². The molecular formula is C20H28N3O3+. The first-order chi connectivity index (χ1) is 12.3. The molecule has 0 radical (unpaired) electrons. The Kier molecular flexibility index (Phi) is 5.41. The molecule has 1 aromatic rings. The molecule has 0 aromatic heterocycles. The van der Waals surface area contributed by atoms with Gasteiger partial charge in [0.15, 0.2) is 12.3 Å². The lowest BCUT2D eigenvalue weighted by Gasteiger charge is -2.21. The van der Waals surface area contributed by atoms with E-state index in [2.05, 4.69) is 22.3 Å². The van der Waals surface area contributed by atoms with E-state index in [0.717, 1.165) is 25.2 Å². The van der Waals surface area contributed by atoms with Crippen molar-refractivity contribution in [3.05, 3.63) is 35.9 Å². The molecule has 1 aromatic carbocycles. The van der Waals surface area contributed by atoms with Gasteiger partial charge >= 0.3 is 12.0 Å². The summed E-state index contributed by atoms with van der Waals surface area (Å²) in [6.07, 6.45) is 1.02. The van der Waals surface area contributed by atoms with Crippen LogP contribution in [-0.4, -0.2) is 58.5 Å². The summed E-state index contributed by atoms with van der Waals surface area (Å²) in [7, 11) is 0. The van der Waals surface area contributed by atoms with E-state index in [-0.39, 0.29) is 11.9 Å². The van der Waals surface area contributed by atoms with Gasteiger partial charge in [0, 0.05) is 19.5 Å². The molecule has 1 unspecified atom stereocenters. The summed E-state index contributed by atoms with van der Waals surface area (Å²) in [4.78, 5) is 26.7. The number of rotatable bonds is 3. The van der Waals surface area contributed by atoms with Crippen molar-refractivity contribution in [3.63, 3.8) is 0 Å². The SMILES string of the molecule is CC(C)(C)OC(=O)NC1CN(Cc2ccccc2)CC1=[N+]1CCCC1=O. The van der Waals surface area contributed by atoms with Crippen LogP contribution >= 0.6 is 0 Å². The summed E-state index contributed by atoms with van der Waals surface area (Å²) in [6.45, 7) is 8.42. The van der Waals surface area contributed by atoms with Crippen molar-refractivity contribution in [1.29, 1.82) is 0 Å². The molecule has 2 aliphatic rings. The minimum atomic E-state index is -0.546. The van der Waals surface area contributed by atoms with Crippen molar-refractivity contribution in [3.8, 4) is 0 Å². The minimum absolute atomic E-state index is 0.151. The van der Waals surface area contributed by atoms with Crippen LogP contribution in [0.25, 0.3) is 0 Å². The molecule has 2 fully saturated rings. The van der Waals surface area contributed by atoms with Gasteiger partial charge in [-0.2, -0.15) is 4.58 Å². The van der Waals surface area contributed by atoms with Gasteiger partial charge in [-0.05, 0) is 26.3 Å². The summed E-state index contributed by atoms with van der Waals surface area (Å²) in [5.41, 5.74) is 1.66. The highest BCUT2D eigenvalue weighted by Gasteiger charge is 2.41. The molecule has 0 spiro atoms. The maximum atomic E-state index is 12.3. The summed E-state index contributed by atoms with van der Waals surface area (Å²) in [5.74, 6) is 0.151. The van der Waals surface area contributed by atoms with Crippen molar-refractivity contribution >= 4 is 17.7 Å². The molecule has 6 nitrogen and oxygen atoms in total. The lowest BCUT2D eigenvalue weighted by Crippen LogP contribution is -2.46. The quantitative estimate of drug-likeness (QED) is 0.841. The molecule has 2 saturated heterocycles. The van der Waals surface area contributed by atoms with E-state index in [4.69, 9.17) is 4.74 Å². The molecule has 26 heavy (non-hydrogen) atoms. The molecule has 0 bridgehead atoms. The lowest BCUT2D eigenvalue weighted by molar-refractivity contribution is -0.435. The van der Waals surface area contributed by atoms with Crippen LogP contribution in [0.15, 0.2) is 30.3 Å². The summed E-state index contributed by atoms with van der Waals surface area (Å²) in [5, 5.41) is 2.96. The number of ether oxygens (including phenoxy) is 1. The average molecular weight is 358 g/mol. The number of nitrogens with one attached hydrogen (secondary N) is 1. The van der Waals surface area contributed by atoms with Crippen LogP contribution in [0.1, 0.15) is 39.2 Å². The third-order valence-electron chi connectivity index (χ3n) is 4.59. The lowest BCUT2D eigenvalue weighted by atomic mass is 10.2. The van der Waals surface area contributed by atoms with E-state index in [9.17, 15) is 9.59 Å². The number of likely N-dealkylation sites (tertiary alicyclic amines) is 1. The Morgan fingerprint density at radius 3 is 2.65 bits per heavy atom. The second kappa shape index (κ2) is 7.58. The molecule has 140 valence electrons. The van der Waals surface area contributed by atoms with Crippen LogP contribution in [0.3, 0.4) is 0 Å². The first kappa shape index (κ1) is 18.6. The van der Waals surface area contributed by atoms with Gasteiger partial charge in [-0.25, -0.2) is 9.59 Å². The van der Waals surface area contributed by atoms with E-state index in [1.54, 1.807) is 0 Å². The summed E-state index contributed by atoms with van der Waals surface area (Å²) < 4.78 is 7.26. The maximum Gasteiger partial charge on any atom is 0.408 e. The predicted octanol–water partition coefficient (Wildman–Crippen LogP) is 2.17. The average Bonchev–Trinajstić information content (AvgIpc) is 3.12. The zero-order chi connectivity index (χ0) is 18.7. The number of carbonyl (C=O) groups excluding carboxylic acids is 2. The van der Waals surface area contributed by atoms with Crippen LogP contribution in [0, 0.1) is 0 Å². The van der Waals surface area contributed by atoms with Crippen molar-refractivity contribution in [1.82, 2.24) is 10.2 Å². The fraction of sp³-hybridized carbons (Fsp3) is 0.550. The highest BCUT2D eigenvalue weighted by atomic mass is 16.6. The Hall–Kier alpha value is -2.21. The van der Waals surface area contributed by atoms with Gasteiger partial charge in [-0.15, -0.1) is 0 Å². The number of hydrogen-bond donors (Lipinski definition) is 1. The van der Waals surface area contributed by atoms with Gasteiger partial charge in [-0.3, -0.25) is 4.90 Å². The van der Waals surface area contributed by atoms with Gasteiger partial charge in [0.25, 0.3) is 0 Å². The monoisotopic (exact) mass is 358 g/mol. The normalized spacial score (nSPS) is 24.1. The van der Waals surface area contributed by atoms with Crippen molar-refractivity contribution < 1.29 is 18.9 Å². The first-order valence-electron chi connectivity index (χ1n) is 9.24. The zero-order valence-electron chi connectivity index (χ0n) is 15.8. The predicted molar refractivity (Wildman–Crippen MR) is 99.3 cm³/mol. The van der Waals surface area contributed by atoms with Crippen LogP contribution in [0.4, 0.5) is 4.79 Å². The molecule has 2 aliphatic heterocycles. The van der Waals surface area contributed by atoms with E-state index in [0.29, 0.717) is 19.5 Å².